The predicted molar refractivity (Wildman–Crippen MR) is 95.1 cm³/mol. The maximum Gasteiger partial charge on any atom is 0.340 e. The minimum Gasteiger partial charge on any atom is -0.462 e. The molecule has 6 heteroatoms. The third-order valence-corrected chi connectivity index (χ3v) is 5.87. The number of esters is 2. The van der Waals surface area contributed by atoms with Crippen LogP contribution >= 0.6 is 0 Å². The van der Waals surface area contributed by atoms with Crippen molar-refractivity contribution in [3.05, 3.63) is 22.5 Å². The van der Waals surface area contributed by atoms with Gasteiger partial charge in [-0.05, 0) is 63.4 Å². The van der Waals surface area contributed by atoms with Crippen molar-refractivity contribution in [2.75, 3.05) is 13.2 Å². The Bertz CT molecular complexity index is 720. The summed E-state index contributed by atoms with van der Waals surface area (Å²) >= 11 is 0. The fraction of sp³-hybridized carbons (Fsp3) is 0.650. The molecule has 0 unspecified atom stereocenters. The standard InChI is InChI=1S/C20H27NO5/c1-4-25-20(24)18-11(2)19(21-12(18)3)16(22)10-26-17(23)9-15-8-13-5-6-14(15)7-13/h13-15,21H,4-10H2,1-3H3/t13-,14-,15-/m1/s1. The highest BCUT2D eigenvalue weighted by Crippen LogP contribution is 2.49. The maximum atomic E-state index is 12.4. The van der Waals surface area contributed by atoms with Crippen molar-refractivity contribution in [1.82, 2.24) is 4.98 Å². The van der Waals surface area contributed by atoms with Gasteiger partial charge in [-0.2, -0.15) is 0 Å². The van der Waals surface area contributed by atoms with Gasteiger partial charge in [-0.3, -0.25) is 9.59 Å². The first-order valence-corrected chi connectivity index (χ1v) is 9.45. The molecule has 2 aliphatic rings. The zero-order valence-electron chi connectivity index (χ0n) is 15.7. The van der Waals surface area contributed by atoms with Gasteiger partial charge in [-0.25, -0.2) is 4.79 Å². The maximum absolute atomic E-state index is 12.4. The van der Waals surface area contributed by atoms with Gasteiger partial charge in [0.25, 0.3) is 0 Å². The normalized spacial score (nSPS) is 23.9. The van der Waals surface area contributed by atoms with Gasteiger partial charge in [-0.15, -0.1) is 0 Å². The Hall–Kier alpha value is -2.11. The quantitative estimate of drug-likeness (QED) is 0.594. The van der Waals surface area contributed by atoms with Gasteiger partial charge in [0.05, 0.1) is 17.9 Å². The topological polar surface area (TPSA) is 85.5 Å². The van der Waals surface area contributed by atoms with Crippen molar-refractivity contribution in [1.29, 1.82) is 0 Å². The molecule has 0 amide bonds. The van der Waals surface area contributed by atoms with Gasteiger partial charge in [0, 0.05) is 12.1 Å². The number of Topliss-reactive ketones (excluding diaryl/α,β-unsaturated/α-hetero) is 1. The van der Waals surface area contributed by atoms with Gasteiger partial charge in [0.2, 0.25) is 5.78 Å². The summed E-state index contributed by atoms with van der Waals surface area (Å²) in [7, 11) is 0. The second-order valence-electron chi connectivity index (χ2n) is 7.57. The summed E-state index contributed by atoms with van der Waals surface area (Å²) in [5.41, 5.74) is 1.80. The van der Waals surface area contributed by atoms with Crippen LogP contribution in [0.3, 0.4) is 0 Å². The third kappa shape index (κ3) is 3.69. The predicted octanol–water partition coefficient (Wildman–Crippen LogP) is 3.36. The summed E-state index contributed by atoms with van der Waals surface area (Å²) in [5.74, 6) is 0.770. The molecule has 3 rings (SSSR count). The van der Waals surface area contributed by atoms with Crippen molar-refractivity contribution in [2.24, 2.45) is 17.8 Å². The molecule has 1 heterocycles. The Morgan fingerprint density at radius 1 is 1.12 bits per heavy atom. The van der Waals surface area contributed by atoms with Crippen molar-refractivity contribution in [3.8, 4) is 0 Å². The molecule has 1 aromatic heterocycles. The molecule has 1 aromatic rings. The van der Waals surface area contributed by atoms with Gasteiger partial charge < -0.3 is 14.5 Å². The number of aryl methyl sites for hydroxylation is 1. The lowest BCUT2D eigenvalue weighted by Gasteiger charge is -2.20. The average molecular weight is 361 g/mol. The summed E-state index contributed by atoms with van der Waals surface area (Å²) in [4.78, 5) is 39.5. The minimum atomic E-state index is -0.453. The molecule has 3 atom stereocenters. The first-order chi connectivity index (χ1) is 12.4. The molecule has 2 fully saturated rings. The van der Waals surface area contributed by atoms with E-state index in [-0.39, 0.29) is 25.0 Å². The fourth-order valence-electron chi connectivity index (χ4n) is 4.66. The molecule has 1 N–H and O–H groups in total. The number of ketones is 1. The van der Waals surface area contributed by atoms with Gasteiger partial charge >= 0.3 is 11.9 Å². The minimum absolute atomic E-state index is 0.271. The lowest BCUT2D eigenvalue weighted by molar-refractivity contribution is -0.144. The molecule has 0 aromatic carbocycles. The number of hydrogen-bond acceptors (Lipinski definition) is 5. The molecule has 26 heavy (non-hydrogen) atoms. The number of aromatic amines is 1. The van der Waals surface area contributed by atoms with Crippen molar-refractivity contribution < 1.29 is 23.9 Å². The summed E-state index contributed by atoms with van der Waals surface area (Å²) in [6.07, 6.45) is 5.29. The van der Waals surface area contributed by atoms with Crippen LogP contribution in [-0.4, -0.2) is 35.9 Å². The lowest BCUT2D eigenvalue weighted by atomic mass is 9.86. The van der Waals surface area contributed by atoms with Gasteiger partial charge in [-0.1, -0.05) is 6.42 Å². The molecule has 2 aliphatic carbocycles. The summed E-state index contributed by atoms with van der Waals surface area (Å²) < 4.78 is 10.2. The number of ether oxygens (including phenoxy) is 2. The van der Waals surface area contributed by atoms with Crippen LogP contribution in [0.4, 0.5) is 0 Å². The van der Waals surface area contributed by atoms with Gasteiger partial charge in [0.1, 0.15) is 0 Å². The van der Waals surface area contributed by atoms with E-state index in [1.54, 1.807) is 20.8 Å². The molecule has 0 aliphatic heterocycles. The number of carbonyl (C=O) groups is 3. The van der Waals surface area contributed by atoms with E-state index in [9.17, 15) is 14.4 Å². The largest absolute Gasteiger partial charge is 0.462 e. The van der Waals surface area contributed by atoms with Crippen LogP contribution in [0.25, 0.3) is 0 Å². The van der Waals surface area contributed by atoms with Crippen LogP contribution in [-0.2, 0) is 14.3 Å². The zero-order valence-corrected chi connectivity index (χ0v) is 15.7. The number of nitrogens with one attached hydrogen (secondary N) is 1. The Kier molecular flexibility index (Phi) is 5.49. The molecule has 142 valence electrons. The van der Waals surface area contributed by atoms with Gasteiger partial charge in [0.15, 0.2) is 6.61 Å². The van der Waals surface area contributed by atoms with E-state index in [4.69, 9.17) is 9.47 Å². The van der Waals surface area contributed by atoms with Crippen LogP contribution in [0.2, 0.25) is 0 Å². The highest BCUT2D eigenvalue weighted by molar-refractivity contribution is 6.02. The van der Waals surface area contributed by atoms with Crippen molar-refractivity contribution in [2.45, 2.75) is 52.9 Å². The second-order valence-corrected chi connectivity index (χ2v) is 7.57. The molecule has 2 saturated carbocycles. The van der Waals surface area contributed by atoms with E-state index >= 15 is 0 Å². The lowest BCUT2D eigenvalue weighted by Crippen LogP contribution is -2.20. The van der Waals surface area contributed by atoms with Crippen LogP contribution in [0, 0.1) is 31.6 Å². The third-order valence-electron chi connectivity index (χ3n) is 5.87. The van der Waals surface area contributed by atoms with Crippen LogP contribution < -0.4 is 0 Å². The SMILES string of the molecule is CCOC(=O)c1c(C)[nH]c(C(=O)COC(=O)C[C@H]2C[C@@H]3CC[C@@H]2C3)c1C. The van der Waals surface area contributed by atoms with E-state index in [0.29, 0.717) is 40.8 Å². The van der Waals surface area contributed by atoms with Crippen molar-refractivity contribution >= 4 is 17.7 Å². The Balaban J connectivity index is 1.55. The molecule has 0 spiro atoms. The average Bonchev–Trinajstić information content (AvgIpc) is 3.27. The van der Waals surface area contributed by atoms with E-state index in [0.717, 1.165) is 12.3 Å². The molecular weight excluding hydrogens is 334 g/mol. The number of aromatic nitrogens is 1. The Morgan fingerprint density at radius 2 is 1.88 bits per heavy atom. The highest BCUT2D eigenvalue weighted by Gasteiger charge is 2.40. The molecule has 2 bridgehead atoms. The number of fused-ring (bicyclic) bond motifs is 2. The molecule has 6 nitrogen and oxygen atoms in total. The number of rotatable bonds is 7. The molecular formula is C20H27NO5. The highest BCUT2D eigenvalue weighted by atomic mass is 16.5. The second kappa shape index (κ2) is 7.64. The van der Waals surface area contributed by atoms with E-state index in [1.807, 2.05) is 0 Å². The number of hydrogen-bond donors (Lipinski definition) is 1. The van der Waals surface area contributed by atoms with Crippen LogP contribution in [0.15, 0.2) is 0 Å². The number of carbonyl (C=O) groups excluding carboxylic acids is 3. The van der Waals surface area contributed by atoms with E-state index in [1.165, 1.54) is 19.3 Å². The first kappa shape index (κ1) is 18.7. The van der Waals surface area contributed by atoms with Crippen LogP contribution in [0.1, 0.15) is 71.1 Å². The summed E-state index contributed by atoms with van der Waals surface area (Å²) in [6, 6.07) is 0. The Labute approximate surface area is 153 Å². The first-order valence-electron chi connectivity index (χ1n) is 9.45. The molecule has 0 saturated heterocycles. The fourth-order valence-corrected chi connectivity index (χ4v) is 4.66. The number of H-pyrrole nitrogens is 1. The van der Waals surface area contributed by atoms with E-state index in [2.05, 4.69) is 4.98 Å². The molecule has 0 radical (unpaired) electrons. The summed E-state index contributed by atoms with van der Waals surface area (Å²) in [5, 5.41) is 0. The van der Waals surface area contributed by atoms with Crippen LogP contribution in [0.5, 0.6) is 0 Å². The zero-order chi connectivity index (χ0) is 18.8. The Morgan fingerprint density at radius 3 is 2.50 bits per heavy atom. The van der Waals surface area contributed by atoms with Crippen molar-refractivity contribution in [3.63, 3.8) is 0 Å². The smallest absolute Gasteiger partial charge is 0.340 e. The van der Waals surface area contributed by atoms with E-state index < -0.39 is 5.97 Å². The monoisotopic (exact) mass is 361 g/mol. The summed E-state index contributed by atoms with van der Waals surface area (Å²) in [6.45, 7) is 5.11.